The molecule has 9 heteroatoms. The van der Waals surface area contributed by atoms with E-state index >= 15 is 0 Å². The predicted molar refractivity (Wildman–Crippen MR) is 114 cm³/mol. The van der Waals surface area contributed by atoms with E-state index in [9.17, 15) is 9.90 Å². The van der Waals surface area contributed by atoms with Gasteiger partial charge in [-0.25, -0.2) is 9.97 Å². The average molecular weight is 421 g/mol. The minimum absolute atomic E-state index is 0.0192. The quantitative estimate of drug-likeness (QED) is 0.445. The van der Waals surface area contributed by atoms with Crippen LogP contribution in [0.1, 0.15) is 24.7 Å². The molecule has 0 aliphatic rings. The third-order valence-electron chi connectivity index (χ3n) is 3.96. The number of ether oxygens (including phenoxy) is 1. The molecule has 2 aromatic rings. The monoisotopic (exact) mass is 420 g/mol. The zero-order chi connectivity index (χ0) is 20.5. The number of hydrogen-bond donors (Lipinski definition) is 2. The van der Waals surface area contributed by atoms with E-state index in [1.54, 1.807) is 25.1 Å². The lowest BCUT2D eigenvalue weighted by Crippen LogP contribution is -2.21. The normalized spacial score (nSPS) is 11.7. The first-order chi connectivity index (χ1) is 13.5. The number of aliphatic hydroxyl groups is 1. The van der Waals surface area contributed by atoms with Gasteiger partial charge in [0.15, 0.2) is 0 Å². The van der Waals surface area contributed by atoms with Gasteiger partial charge in [-0.2, -0.15) is 0 Å². The van der Waals surface area contributed by atoms with Crippen LogP contribution < -0.4 is 10.5 Å². The smallest absolute Gasteiger partial charge is 0.214 e. The maximum atomic E-state index is 11.7. The van der Waals surface area contributed by atoms with Gasteiger partial charge >= 0.3 is 0 Å². The Bertz CT molecular complexity index is 846. The summed E-state index contributed by atoms with van der Waals surface area (Å²) in [4.78, 5) is 23.4. The zero-order valence-corrected chi connectivity index (χ0v) is 17.7. The summed E-state index contributed by atoms with van der Waals surface area (Å²) in [5, 5.41) is 9.47. The van der Waals surface area contributed by atoms with Crippen molar-refractivity contribution in [2.75, 3.05) is 19.5 Å². The van der Waals surface area contributed by atoms with Gasteiger partial charge in [-0.1, -0.05) is 22.9 Å². The number of nitrogens with two attached hydrogens (primary N) is 1. The average Bonchev–Trinajstić information content (AvgIpc) is 2.70. The summed E-state index contributed by atoms with van der Waals surface area (Å²) < 4.78 is 5.37. The zero-order valence-electron chi connectivity index (χ0n) is 16.1. The molecule has 0 aliphatic heterocycles. The first-order valence-corrected chi connectivity index (χ1v) is 10.7. The van der Waals surface area contributed by atoms with Crippen LogP contribution in [0.4, 0.5) is 5.82 Å². The molecule has 0 atom stereocenters. The molecule has 0 unspecified atom stereocenters. The Morgan fingerprint density at radius 2 is 2.14 bits per heavy atom. The molecule has 1 amide bonds. The number of aryl methyl sites for hydroxylation is 1. The van der Waals surface area contributed by atoms with Gasteiger partial charge in [-0.15, -0.1) is 0 Å². The number of nitrogens with zero attached hydrogens (tertiary/aromatic N) is 3. The fourth-order valence-corrected chi connectivity index (χ4v) is 4.95. The topological polar surface area (TPSA) is 102 Å². The number of anilines is 1. The van der Waals surface area contributed by atoms with Gasteiger partial charge in [0, 0.05) is 35.4 Å². The molecule has 7 nitrogen and oxygen atoms in total. The van der Waals surface area contributed by atoms with Gasteiger partial charge in [0.25, 0.3) is 0 Å². The van der Waals surface area contributed by atoms with E-state index in [1.807, 2.05) is 31.2 Å². The van der Waals surface area contributed by atoms with Crippen LogP contribution in [0.25, 0.3) is 0 Å². The molecule has 0 radical (unpaired) electrons. The minimum Gasteiger partial charge on any atom is -0.496 e. The molecule has 150 valence electrons. The molecule has 1 heterocycles. The number of carbonyl (C=O) groups is 1. The summed E-state index contributed by atoms with van der Waals surface area (Å²) in [6.07, 6.45) is 2.81. The van der Waals surface area contributed by atoms with E-state index in [0.29, 0.717) is 23.6 Å². The highest BCUT2D eigenvalue weighted by Crippen LogP contribution is 2.43. The maximum Gasteiger partial charge on any atom is 0.214 e. The number of aliphatic hydroxyl groups excluding tert-OH is 1. The van der Waals surface area contributed by atoms with Crippen molar-refractivity contribution < 1.29 is 14.6 Å². The molecule has 1 aromatic heterocycles. The molecule has 0 aliphatic carbocycles. The second-order valence-corrected chi connectivity index (χ2v) is 8.13. The largest absolute Gasteiger partial charge is 0.496 e. The standard InChI is InChI=1S/C19H24N4O3S2/c1-13(23(12-25)11-15-10-21-14(2)22-19(15)20)17(8-9-24)27-28-18-7-5-4-6-16(18)26-3/h4-7,10,12,24H,8-9,11H2,1-3H3,(H2,20,21,22)/b17-13-. The number of allylic oxidation sites excluding steroid dienone is 1. The van der Waals surface area contributed by atoms with Gasteiger partial charge in [0.1, 0.15) is 17.4 Å². The number of hydrogen-bond acceptors (Lipinski definition) is 8. The molecule has 3 N–H and O–H groups in total. The SMILES string of the molecule is COc1ccccc1SS/C(CCO)=C(/C)N(C=O)Cc1cnc(C)nc1N. The van der Waals surface area contributed by atoms with E-state index in [-0.39, 0.29) is 13.2 Å². The predicted octanol–water partition coefficient (Wildman–Crippen LogP) is 3.39. The lowest BCUT2D eigenvalue weighted by atomic mass is 10.2. The molecule has 2 rings (SSSR count). The van der Waals surface area contributed by atoms with Crippen LogP contribution in [0.2, 0.25) is 0 Å². The Hall–Kier alpha value is -2.23. The Labute approximate surface area is 172 Å². The van der Waals surface area contributed by atoms with E-state index in [0.717, 1.165) is 27.7 Å². The van der Waals surface area contributed by atoms with Crippen molar-refractivity contribution in [3.05, 3.63) is 52.5 Å². The van der Waals surface area contributed by atoms with Crippen molar-refractivity contribution >= 4 is 33.8 Å². The summed E-state index contributed by atoms with van der Waals surface area (Å²) in [6.45, 7) is 3.85. The number of nitrogen functional groups attached to an aromatic ring is 1. The fourth-order valence-electron chi connectivity index (χ4n) is 2.38. The number of rotatable bonds is 10. The summed E-state index contributed by atoms with van der Waals surface area (Å²) >= 11 is 0. The first kappa shape index (κ1) is 22.1. The summed E-state index contributed by atoms with van der Waals surface area (Å²) in [5.41, 5.74) is 7.37. The van der Waals surface area contributed by atoms with Gasteiger partial charge in [0.2, 0.25) is 6.41 Å². The number of carbonyl (C=O) groups excluding carboxylic acids is 1. The maximum absolute atomic E-state index is 11.7. The number of methoxy groups -OCH3 is 1. The Morgan fingerprint density at radius 1 is 1.39 bits per heavy atom. The van der Waals surface area contributed by atoms with Crippen LogP contribution in [0.15, 0.2) is 46.0 Å². The third-order valence-corrected chi connectivity index (χ3v) is 6.65. The van der Waals surface area contributed by atoms with E-state index in [1.165, 1.54) is 21.6 Å². The van der Waals surface area contributed by atoms with Crippen LogP contribution >= 0.6 is 21.6 Å². The Kier molecular flexibility index (Phi) is 8.62. The van der Waals surface area contributed by atoms with E-state index in [2.05, 4.69) is 9.97 Å². The van der Waals surface area contributed by atoms with Crippen molar-refractivity contribution in [2.45, 2.75) is 31.7 Å². The molecule has 0 bridgehead atoms. The second-order valence-electron chi connectivity index (χ2n) is 5.86. The number of amides is 1. The third kappa shape index (κ3) is 5.88. The molecule has 0 fully saturated rings. The highest BCUT2D eigenvalue weighted by atomic mass is 33.1. The van der Waals surface area contributed by atoms with Crippen molar-refractivity contribution in [2.24, 2.45) is 0 Å². The fraction of sp³-hybridized carbons (Fsp3) is 0.316. The van der Waals surface area contributed by atoms with Crippen molar-refractivity contribution in [3.63, 3.8) is 0 Å². The van der Waals surface area contributed by atoms with Gasteiger partial charge in [-0.3, -0.25) is 4.79 Å². The number of benzene rings is 1. The highest BCUT2D eigenvalue weighted by molar-refractivity contribution is 8.78. The lowest BCUT2D eigenvalue weighted by Gasteiger charge is -2.22. The van der Waals surface area contributed by atoms with Crippen molar-refractivity contribution in [1.82, 2.24) is 14.9 Å². The Balaban J connectivity index is 2.22. The number of para-hydroxylation sites is 1. The summed E-state index contributed by atoms with van der Waals surface area (Å²) in [7, 11) is 4.64. The molecule has 28 heavy (non-hydrogen) atoms. The van der Waals surface area contributed by atoms with E-state index < -0.39 is 0 Å². The summed E-state index contributed by atoms with van der Waals surface area (Å²) in [5.74, 6) is 1.71. The minimum atomic E-state index is -0.0192. The van der Waals surface area contributed by atoms with Crippen LogP contribution in [0, 0.1) is 6.92 Å². The highest BCUT2D eigenvalue weighted by Gasteiger charge is 2.15. The number of aromatic nitrogens is 2. The van der Waals surface area contributed by atoms with Crippen LogP contribution in [-0.4, -0.2) is 40.1 Å². The lowest BCUT2D eigenvalue weighted by molar-refractivity contribution is -0.116. The van der Waals surface area contributed by atoms with Crippen molar-refractivity contribution in [1.29, 1.82) is 0 Å². The first-order valence-electron chi connectivity index (χ1n) is 8.58. The van der Waals surface area contributed by atoms with Crippen LogP contribution in [-0.2, 0) is 11.3 Å². The van der Waals surface area contributed by atoms with Crippen LogP contribution in [0.3, 0.4) is 0 Å². The Morgan fingerprint density at radius 3 is 2.79 bits per heavy atom. The van der Waals surface area contributed by atoms with Gasteiger partial charge in [-0.05, 0) is 36.8 Å². The van der Waals surface area contributed by atoms with Gasteiger partial charge in [0.05, 0.1) is 18.6 Å². The molecule has 0 saturated heterocycles. The second kappa shape index (κ2) is 10.9. The molecular weight excluding hydrogens is 396 g/mol. The molecule has 1 aromatic carbocycles. The molecule has 0 saturated carbocycles. The summed E-state index contributed by atoms with van der Waals surface area (Å²) in [6, 6.07) is 7.70. The van der Waals surface area contributed by atoms with Crippen molar-refractivity contribution in [3.8, 4) is 5.75 Å². The van der Waals surface area contributed by atoms with Gasteiger partial charge < -0.3 is 20.5 Å². The molecular formula is C19H24N4O3S2. The van der Waals surface area contributed by atoms with Crippen LogP contribution in [0.5, 0.6) is 5.75 Å². The molecule has 0 spiro atoms. The van der Waals surface area contributed by atoms with E-state index in [4.69, 9.17) is 10.5 Å².